The van der Waals surface area contributed by atoms with Crippen LogP contribution in [0.25, 0.3) is 0 Å². The van der Waals surface area contributed by atoms with Crippen molar-refractivity contribution in [2.75, 3.05) is 10.6 Å². The Labute approximate surface area is 144 Å². The normalized spacial score (nSPS) is 11.2. The number of amides is 2. The van der Waals surface area contributed by atoms with Crippen LogP contribution in [0.1, 0.15) is 5.56 Å². The molecule has 0 aromatic heterocycles. The van der Waals surface area contributed by atoms with E-state index in [0.29, 0.717) is 0 Å². The summed E-state index contributed by atoms with van der Waals surface area (Å²) in [6, 6.07) is 6.15. The summed E-state index contributed by atoms with van der Waals surface area (Å²) in [5.74, 6) is 0. The van der Waals surface area contributed by atoms with Gasteiger partial charge in [-0.25, -0.2) is 4.79 Å². The Morgan fingerprint density at radius 3 is 2.13 bits per heavy atom. The number of rotatable bonds is 2. The van der Waals surface area contributed by atoms with Gasteiger partial charge in [-0.1, -0.05) is 40.9 Å². The summed E-state index contributed by atoms with van der Waals surface area (Å²) in [5, 5.41) is 5.11. The molecule has 0 unspecified atom stereocenters. The minimum Gasteiger partial charge on any atom is -0.308 e. The van der Waals surface area contributed by atoms with E-state index >= 15 is 0 Å². The molecule has 0 aliphatic heterocycles. The molecule has 9 heteroatoms. The molecule has 2 rings (SSSR count). The van der Waals surface area contributed by atoms with E-state index in [1.807, 2.05) is 0 Å². The SMILES string of the molecule is O=C(Nc1cccc(C(F)(F)F)c1)Nc1c(Cl)cc(Cl)cc1Cl. The lowest BCUT2D eigenvalue weighted by Crippen LogP contribution is -2.20. The van der Waals surface area contributed by atoms with Gasteiger partial charge in [0.2, 0.25) is 0 Å². The van der Waals surface area contributed by atoms with Crippen molar-refractivity contribution in [2.45, 2.75) is 6.18 Å². The van der Waals surface area contributed by atoms with E-state index in [2.05, 4.69) is 10.6 Å². The van der Waals surface area contributed by atoms with Gasteiger partial charge in [0, 0.05) is 10.7 Å². The van der Waals surface area contributed by atoms with Gasteiger partial charge in [0.25, 0.3) is 0 Å². The summed E-state index contributed by atoms with van der Waals surface area (Å²) in [5.41, 5.74) is -0.807. The van der Waals surface area contributed by atoms with Gasteiger partial charge in [-0.05, 0) is 30.3 Å². The number of anilines is 2. The first-order valence-electron chi connectivity index (χ1n) is 6.06. The van der Waals surface area contributed by atoms with E-state index in [9.17, 15) is 18.0 Å². The second-order valence-corrected chi connectivity index (χ2v) is 5.65. The second kappa shape index (κ2) is 6.86. The molecule has 0 radical (unpaired) electrons. The van der Waals surface area contributed by atoms with Crippen LogP contribution >= 0.6 is 34.8 Å². The molecule has 0 bridgehead atoms. The quantitative estimate of drug-likeness (QED) is 0.627. The topological polar surface area (TPSA) is 41.1 Å². The molecule has 0 atom stereocenters. The first kappa shape index (κ1) is 17.7. The number of halogens is 6. The van der Waals surface area contributed by atoms with Gasteiger partial charge < -0.3 is 10.6 Å². The fourth-order valence-corrected chi connectivity index (χ4v) is 2.62. The van der Waals surface area contributed by atoms with Crippen molar-refractivity contribution < 1.29 is 18.0 Å². The molecule has 0 saturated heterocycles. The number of alkyl halides is 3. The molecule has 0 spiro atoms. The summed E-state index contributed by atoms with van der Waals surface area (Å²) < 4.78 is 37.9. The van der Waals surface area contributed by atoms with Crippen LogP contribution in [-0.2, 0) is 6.18 Å². The Kier molecular flexibility index (Phi) is 5.29. The average molecular weight is 384 g/mol. The van der Waals surface area contributed by atoms with E-state index in [1.54, 1.807) is 0 Å². The lowest BCUT2D eigenvalue weighted by molar-refractivity contribution is -0.137. The molecule has 2 aromatic rings. The minimum absolute atomic E-state index is 0.0291. The predicted octanol–water partition coefficient (Wildman–Crippen LogP) is 6.31. The monoisotopic (exact) mass is 382 g/mol. The molecule has 2 N–H and O–H groups in total. The van der Waals surface area contributed by atoms with Crippen LogP contribution in [0.4, 0.5) is 29.3 Å². The molecule has 0 heterocycles. The summed E-state index contributed by atoms with van der Waals surface area (Å²) >= 11 is 17.6. The summed E-state index contributed by atoms with van der Waals surface area (Å²) in [6.45, 7) is 0. The molecule has 122 valence electrons. The number of hydrogen-bond acceptors (Lipinski definition) is 1. The minimum atomic E-state index is -4.50. The molecular formula is C14H8Cl3F3N2O. The van der Waals surface area contributed by atoms with E-state index in [-0.39, 0.29) is 26.4 Å². The number of benzene rings is 2. The van der Waals surface area contributed by atoms with E-state index in [4.69, 9.17) is 34.8 Å². The van der Waals surface area contributed by atoms with Crippen LogP contribution in [0.3, 0.4) is 0 Å². The average Bonchev–Trinajstić information content (AvgIpc) is 2.42. The molecule has 3 nitrogen and oxygen atoms in total. The third-order valence-electron chi connectivity index (χ3n) is 2.69. The predicted molar refractivity (Wildman–Crippen MR) is 85.6 cm³/mol. The van der Waals surface area contributed by atoms with E-state index in [0.717, 1.165) is 12.1 Å². The number of carbonyl (C=O) groups excluding carboxylic acids is 1. The van der Waals surface area contributed by atoms with E-state index in [1.165, 1.54) is 24.3 Å². The van der Waals surface area contributed by atoms with Crippen molar-refractivity contribution >= 4 is 52.2 Å². The molecule has 0 saturated carbocycles. The highest BCUT2D eigenvalue weighted by atomic mass is 35.5. The Morgan fingerprint density at radius 2 is 1.57 bits per heavy atom. The molecule has 0 aliphatic rings. The fourth-order valence-electron chi connectivity index (χ4n) is 1.71. The van der Waals surface area contributed by atoms with Gasteiger partial charge in [0.1, 0.15) is 0 Å². The Bertz CT molecular complexity index is 727. The van der Waals surface area contributed by atoms with Gasteiger partial charge in [0.15, 0.2) is 0 Å². The van der Waals surface area contributed by atoms with Crippen LogP contribution in [0.15, 0.2) is 36.4 Å². The van der Waals surface area contributed by atoms with Crippen molar-refractivity contribution in [2.24, 2.45) is 0 Å². The first-order valence-corrected chi connectivity index (χ1v) is 7.20. The zero-order valence-electron chi connectivity index (χ0n) is 11.1. The van der Waals surface area contributed by atoms with Crippen molar-refractivity contribution in [3.8, 4) is 0 Å². The number of urea groups is 1. The summed E-state index contributed by atoms with van der Waals surface area (Å²) in [4.78, 5) is 11.9. The molecule has 0 aliphatic carbocycles. The van der Waals surface area contributed by atoms with Gasteiger partial charge in [-0.2, -0.15) is 13.2 Å². The molecule has 23 heavy (non-hydrogen) atoms. The second-order valence-electron chi connectivity index (χ2n) is 4.40. The number of hydrogen-bond donors (Lipinski definition) is 2. The van der Waals surface area contributed by atoms with Crippen LogP contribution in [0.2, 0.25) is 15.1 Å². The van der Waals surface area contributed by atoms with Gasteiger partial charge in [-0.15, -0.1) is 0 Å². The highest BCUT2D eigenvalue weighted by molar-refractivity contribution is 6.42. The van der Waals surface area contributed by atoms with Crippen molar-refractivity contribution in [1.29, 1.82) is 0 Å². The highest BCUT2D eigenvalue weighted by Crippen LogP contribution is 2.34. The molecule has 2 aromatic carbocycles. The maximum Gasteiger partial charge on any atom is 0.416 e. The Balaban J connectivity index is 2.15. The fraction of sp³-hybridized carbons (Fsp3) is 0.0714. The zero-order valence-corrected chi connectivity index (χ0v) is 13.4. The van der Waals surface area contributed by atoms with Gasteiger partial charge in [0.05, 0.1) is 21.3 Å². The number of nitrogens with one attached hydrogen (secondary N) is 2. The molecule has 2 amide bonds. The molecule has 0 fully saturated rings. The van der Waals surface area contributed by atoms with Crippen molar-refractivity contribution in [3.63, 3.8) is 0 Å². The summed E-state index contributed by atoms with van der Waals surface area (Å²) in [6.07, 6.45) is -4.50. The van der Waals surface area contributed by atoms with Gasteiger partial charge in [-0.3, -0.25) is 0 Å². The van der Waals surface area contributed by atoms with Crippen LogP contribution in [0.5, 0.6) is 0 Å². The van der Waals surface area contributed by atoms with Crippen molar-refractivity contribution in [3.05, 3.63) is 57.0 Å². The smallest absolute Gasteiger partial charge is 0.308 e. The third-order valence-corrected chi connectivity index (χ3v) is 3.51. The summed E-state index contributed by atoms with van der Waals surface area (Å²) in [7, 11) is 0. The van der Waals surface area contributed by atoms with Gasteiger partial charge >= 0.3 is 12.2 Å². The maximum atomic E-state index is 12.6. The van der Waals surface area contributed by atoms with E-state index < -0.39 is 17.8 Å². The third kappa shape index (κ3) is 4.67. The van der Waals surface area contributed by atoms with Crippen LogP contribution in [0, 0.1) is 0 Å². The largest absolute Gasteiger partial charge is 0.416 e. The Morgan fingerprint density at radius 1 is 0.957 bits per heavy atom. The maximum absolute atomic E-state index is 12.6. The number of carbonyl (C=O) groups is 1. The lowest BCUT2D eigenvalue weighted by atomic mass is 10.2. The first-order chi connectivity index (χ1) is 10.7. The van der Waals surface area contributed by atoms with Crippen LogP contribution in [-0.4, -0.2) is 6.03 Å². The van der Waals surface area contributed by atoms with Crippen molar-refractivity contribution in [1.82, 2.24) is 0 Å². The highest BCUT2D eigenvalue weighted by Gasteiger charge is 2.30. The van der Waals surface area contributed by atoms with Crippen LogP contribution < -0.4 is 10.6 Å². The standard InChI is InChI=1S/C14H8Cl3F3N2O/c15-8-5-10(16)12(11(17)6-8)22-13(23)21-9-3-1-2-7(4-9)14(18,19)20/h1-6H,(H2,21,22,23). The zero-order chi connectivity index (χ0) is 17.2. The Hall–Kier alpha value is -1.63. The lowest BCUT2D eigenvalue weighted by Gasteiger charge is -2.12. The molecular weight excluding hydrogens is 376 g/mol.